The van der Waals surface area contributed by atoms with Gasteiger partial charge in [-0.1, -0.05) is 0 Å². The summed E-state index contributed by atoms with van der Waals surface area (Å²) in [4.78, 5) is 24.4. The molecule has 1 aliphatic rings. The van der Waals surface area contributed by atoms with Crippen LogP contribution in [0.25, 0.3) is 0 Å². The number of carbonyl (C=O) groups excluding carboxylic acids is 2. The zero-order valence-corrected chi connectivity index (χ0v) is 14.5. The number of piperidine rings is 1. The molecular weight excluding hydrogens is 312 g/mol. The normalized spacial score (nSPS) is 20.2. The van der Waals surface area contributed by atoms with Crippen molar-refractivity contribution in [1.29, 1.82) is 0 Å². The molecule has 1 heterocycles. The molecule has 1 aromatic carbocycles. The second-order valence-corrected chi connectivity index (χ2v) is 5.82. The van der Waals surface area contributed by atoms with Crippen LogP contribution in [0.1, 0.15) is 30.1 Å². The highest BCUT2D eigenvalue weighted by molar-refractivity contribution is 5.98. The zero-order valence-electron chi connectivity index (χ0n) is 14.5. The topological polar surface area (TPSA) is 85.9 Å². The maximum Gasteiger partial charge on any atom is 0.338 e. The highest BCUT2D eigenvalue weighted by Crippen LogP contribution is 2.37. The fourth-order valence-electron chi connectivity index (χ4n) is 2.90. The Bertz CT molecular complexity index is 617. The van der Waals surface area contributed by atoms with Crippen LogP contribution in [0.4, 0.5) is 5.69 Å². The van der Waals surface area contributed by atoms with Gasteiger partial charge in [0.15, 0.2) is 11.5 Å². The number of esters is 1. The Morgan fingerprint density at radius 3 is 2.54 bits per heavy atom. The molecule has 0 spiro atoms. The molecule has 1 saturated heterocycles. The molecule has 2 N–H and O–H groups in total. The molecule has 0 aromatic heterocycles. The van der Waals surface area contributed by atoms with Crippen LogP contribution in [0.5, 0.6) is 11.5 Å². The van der Waals surface area contributed by atoms with Crippen LogP contribution in [0.2, 0.25) is 0 Å². The summed E-state index contributed by atoms with van der Waals surface area (Å²) in [6.45, 7) is 2.86. The number of amides is 1. The predicted octanol–water partition coefficient (Wildman–Crippen LogP) is 1.82. The molecule has 7 heteroatoms. The van der Waals surface area contributed by atoms with Crippen molar-refractivity contribution < 1.29 is 23.8 Å². The van der Waals surface area contributed by atoms with Gasteiger partial charge in [-0.3, -0.25) is 4.79 Å². The average Bonchev–Trinajstić information content (AvgIpc) is 2.60. The molecule has 0 saturated carbocycles. The van der Waals surface area contributed by atoms with Gasteiger partial charge >= 0.3 is 5.97 Å². The molecule has 132 valence electrons. The second kappa shape index (κ2) is 8.01. The van der Waals surface area contributed by atoms with E-state index in [1.807, 2.05) is 0 Å². The summed E-state index contributed by atoms with van der Waals surface area (Å²) in [5.41, 5.74) is 0.678. The number of methoxy groups -OCH3 is 3. The summed E-state index contributed by atoms with van der Waals surface area (Å²) >= 11 is 0. The molecular formula is C17H24N2O5. The third kappa shape index (κ3) is 3.97. The molecule has 1 aliphatic heterocycles. The van der Waals surface area contributed by atoms with Crippen LogP contribution in [-0.4, -0.2) is 45.8 Å². The van der Waals surface area contributed by atoms with Gasteiger partial charge in [0.2, 0.25) is 5.91 Å². The predicted molar refractivity (Wildman–Crippen MR) is 89.7 cm³/mol. The van der Waals surface area contributed by atoms with Gasteiger partial charge in [0.1, 0.15) is 0 Å². The lowest BCUT2D eigenvalue weighted by Crippen LogP contribution is -2.40. The second-order valence-electron chi connectivity index (χ2n) is 5.82. The van der Waals surface area contributed by atoms with Crippen molar-refractivity contribution in [2.24, 2.45) is 5.92 Å². The van der Waals surface area contributed by atoms with Crippen molar-refractivity contribution in [1.82, 2.24) is 5.32 Å². The number of anilines is 1. The van der Waals surface area contributed by atoms with E-state index in [0.29, 0.717) is 23.2 Å². The summed E-state index contributed by atoms with van der Waals surface area (Å²) in [6, 6.07) is 3.36. The van der Waals surface area contributed by atoms with Crippen LogP contribution < -0.4 is 20.1 Å². The average molecular weight is 336 g/mol. The van der Waals surface area contributed by atoms with Crippen molar-refractivity contribution >= 4 is 17.6 Å². The summed E-state index contributed by atoms with van der Waals surface area (Å²) in [6.07, 6.45) is 1.54. The van der Waals surface area contributed by atoms with E-state index < -0.39 is 5.97 Å². The lowest BCUT2D eigenvalue weighted by atomic mass is 9.92. The highest BCUT2D eigenvalue weighted by atomic mass is 16.5. The number of ether oxygens (including phenoxy) is 3. The molecule has 0 bridgehead atoms. The molecule has 2 rings (SSSR count). The lowest BCUT2D eigenvalue weighted by molar-refractivity contribution is -0.120. The van der Waals surface area contributed by atoms with Crippen LogP contribution in [-0.2, 0) is 9.53 Å². The number of carbonyl (C=O) groups is 2. The van der Waals surface area contributed by atoms with Gasteiger partial charge in [0.25, 0.3) is 0 Å². The van der Waals surface area contributed by atoms with Crippen molar-refractivity contribution in [2.45, 2.75) is 25.8 Å². The van der Waals surface area contributed by atoms with Crippen LogP contribution in [0.3, 0.4) is 0 Å². The Morgan fingerprint density at radius 1 is 1.21 bits per heavy atom. The molecule has 0 aliphatic carbocycles. The van der Waals surface area contributed by atoms with E-state index in [2.05, 4.69) is 17.6 Å². The first kappa shape index (κ1) is 18.1. The monoisotopic (exact) mass is 336 g/mol. The van der Waals surface area contributed by atoms with Gasteiger partial charge in [0.05, 0.1) is 32.6 Å². The van der Waals surface area contributed by atoms with E-state index in [1.165, 1.54) is 33.5 Å². The van der Waals surface area contributed by atoms with E-state index >= 15 is 0 Å². The van der Waals surface area contributed by atoms with Crippen molar-refractivity contribution in [2.75, 3.05) is 33.2 Å². The standard InChI is InChI=1S/C17H24N2O5/c1-10-7-11(5-6-18-10)16(20)19-13-8-12(17(21)24-4)9-14(22-2)15(13)23-3/h8-11,18H,5-7H2,1-4H3,(H,19,20)/t10-,11-/m0/s1. The molecule has 1 fully saturated rings. The van der Waals surface area contributed by atoms with Crippen LogP contribution >= 0.6 is 0 Å². The zero-order chi connectivity index (χ0) is 17.7. The first-order valence-corrected chi connectivity index (χ1v) is 7.88. The minimum absolute atomic E-state index is 0.0845. The van der Waals surface area contributed by atoms with E-state index in [9.17, 15) is 9.59 Å². The number of rotatable bonds is 5. The maximum absolute atomic E-state index is 12.6. The Hall–Kier alpha value is -2.28. The van der Waals surface area contributed by atoms with Gasteiger partial charge in [-0.15, -0.1) is 0 Å². The van der Waals surface area contributed by atoms with Crippen molar-refractivity contribution in [3.63, 3.8) is 0 Å². The summed E-state index contributed by atoms with van der Waals surface area (Å²) in [5, 5.41) is 6.18. The van der Waals surface area contributed by atoms with Gasteiger partial charge in [-0.25, -0.2) is 4.79 Å². The number of benzene rings is 1. The maximum atomic E-state index is 12.6. The lowest BCUT2D eigenvalue weighted by Gasteiger charge is -2.27. The molecule has 0 radical (unpaired) electrons. The Balaban J connectivity index is 2.29. The summed E-state index contributed by atoms with van der Waals surface area (Å²) in [7, 11) is 4.25. The largest absolute Gasteiger partial charge is 0.493 e. The van der Waals surface area contributed by atoms with E-state index in [0.717, 1.165) is 19.4 Å². The van der Waals surface area contributed by atoms with E-state index in [1.54, 1.807) is 0 Å². The molecule has 1 amide bonds. The summed E-state index contributed by atoms with van der Waals surface area (Å²) in [5.74, 6) is 0.0428. The van der Waals surface area contributed by atoms with Crippen LogP contribution in [0, 0.1) is 5.92 Å². The Kier molecular flexibility index (Phi) is 6.03. The number of hydrogen-bond acceptors (Lipinski definition) is 6. The molecule has 1 aromatic rings. The first-order valence-electron chi connectivity index (χ1n) is 7.88. The molecule has 2 atom stereocenters. The minimum atomic E-state index is -0.512. The molecule has 24 heavy (non-hydrogen) atoms. The number of hydrogen-bond donors (Lipinski definition) is 2. The van der Waals surface area contributed by atoms with Gasteiger partial charge in [0, 0.05) is 12.0 Å². The van der Waals surface area contributed by atoms with Crippen LogP contribution in [0.15, 0.2) is 12.1 Å². The third-order valence-corrected chi connectivity index (χ3v) is 4.15. The van der Waals surface area contributed by atoms with Gasteiger partial charge in [-0.05, 0) is 38.4 Å². The number of nitrogens with one attached hydrogen (secondary N) is 2. The van der Waals surface area contributed by atoms with Crippen molar-refractivity contribution in [3.8, 4) is 11.5 Å². The fraction of sp³-hybridized carbons (Fsp3) is 0.529. The van der Waals surface area contributed by atoms with E-state index in [4.69, 9.17) is 14.2 Å². The van der Waals surface area contributed by atoms with Gasteiger partial charge in [-0.2, -0.15) is 0 Å². The van der Waals surface area contributed by atoms with Gasteiger partial charge < -0.3 is 24.8 Å². The molecule has 0 unspecified atom stereocenters. The third-order valence-electron chi connectivity index (χ3n) is 4.15. The van der Waals surface area contributed by atoms with Crippen molar-refractivity contribution in [3.05, 3.63) is 17.7 Å². The quantitative estimate of drug-likeness (QED) is 0.798. The Morgan fingerprint density at radius 2 is 1.96 bits per heavy atom. The van der Waals surface area contributed by atoms with E-state index in [-0.39, 0.29) is 17.4 Å². The Labute approximate surface area is 141 Å². The minimum Gasteiger partial charge on any atom is -0.493 e. The fourth-order valence-corrected chi connectivity index (χ4v) is 2.90. The highest BCUT2D eigenvalue weighted by Gasteiger charge is 2.26. The first-order chi connectivity index (χ1) is 11.5. The SMILES string of the molecule is COC(=O)c1cc(NC(=O)[C@H]2CCN[C@@H](C)C2)c(OC)c(OC)c1. The molecule has 7 nitrogen and oxygen atoms in total. The summed E-state index contributed by atoms with van der Waals surface area (Å²) < 4.78 is 15.3. The smallest absolute Gasteiger partial charge is 0.338 e.